The van der Waals surface area contributed by atoms with Crippen molar-refractivity contribution in [2.24, 2.45) is 11.1 Å². The Morgan fingerprint density at radius 2 is 1.89 bits per heavy atom. The molecule has 3 nitrogen and oxygen atoms in total. The van der Waals surface area contributed by atoms with Crippen molar-refractivity contribution in [3.8, 4) is 0 Å². The second-order valence-electron chi connectivity index (χ2n) is 5.63. The fourth-order valence-corrected chi connectivity index (χ4v) is 1.76. The Kier molecular flexibility index (Phi) is 6.84. The van der Waals surface area contributed by atoms with E-state index in [0.29, 0.717) is 11.6 Å². The van der Waals surface area contributed by atoms with Crippen molar-refractivity contribution in [3.63, 3.8) is 0 Å². The zero-order chi connectivity index (χ0) is 13.9. The van der Waals surface area contributed by atoms with E-state index in [1.807, 2.05) is 45.0 Å². The summed E-state index contributed by atoms with van der Waals surface area (Å²) in [5.41, 5.74) is 6.65. The van der Waals surface area contributed by atoms with Crippen molar-refractivity contribution in [1.29, 1.82) is 0 Å². The first kappa shape index (κ1) is 18.2. The van der Waals surface area contributed by atoms with Gasteiger partial charge in [0.05, 0.1) is 6.04 Å². The van der Waals surface area contributed by atoms with Gasteiger partial charge in [0, 0.05) is 18.6 Å². The highest BCUT2D eigenvalue weighted by Gasteiger charge is 2.29. The van der Waals surface area contributed by atoms with Gasteiger partial charge in [0.2, 0.25) is 5.91 Å². The number of rotatable bonds is 3. The summed E-state index contributed by atoms with van der Waals surface area (Å²) in [5, 5.41) is 0.668. The minimum Gasteiger partial charge on any atom is -0.340 e. The van der Waals surface area contributed by atoms with E-state index in [2.05, 4.69) is 0 Å². The van der Waals surface area contributed by atoms with Gasteiger partial charge in [-0.25, -0.2) is 0 Å². The van der Waals surface area contributed by atoms with Crippen molar-refractivity contribution in [3.05, 3.63) is 34.9 Å². The lowest BCUT2D eigenvalue weighted by atomic mass is 9.86. The highest BCUT2D eigenvalue weighted by atomic mass is 35.5. The molecule has 0 saturated heterocycles. The van der Waals surface area contributed by atoms with E-state index in [1.165, 1.54) is 0 Å². The highest BCUT2D eigenvalue weighted by Crippen LogP contribution is 2.21. The van der Waals surface area contributed by atoms with Crippen molar-refractivity contribution < 1.29 is 4.79 Å². The average molecular weight is 305 g/mol. The van der Waals surface area contributed by atoms with Crippen molar-refractivity contribution in [2.45, 2.75) is 33.4 Å². The summed E-state index contributed by atoms with van der Waals surface area (Å²) in [6.07, 6.45) is 0. The van der Waals surface area contributed by atoms with Crippen LogP contribution in [0.3, 0.4) is 0 Å². The molecule has 2 N–H and O–H groups in total. The van der Waals surface area contributed by atoms with E-state index >= 15 is 0 Å². The molecule has 0 radical (unpaired) electrons. The van der Waals surface area contributed by atoms with Crippen LogP contribution in [0.4, 0.5) is 0 Å². The number of hydrogen-bond donors (Lipinski definition) is 1. The van der Waals surface area contributed by atoms with Crippen LogP contribution in [0.5, 0.6) is 0 Å². The molecule has 0 fully saturated rings. The van der Waals surface area contributed by atoms with Gasteiger partial charge in [0.25, 0.3) is 0 Å². The molecule has 0 aromatic heterocycles. The molecule has 0 aliphatic carbocycles. The zero-order valence-electron chi connectivity index (χ0n) is 11.8. The van der Waals surface area contributed by atoms with Gasteiger partial charge in [-0.05, 0) is 17.0 Å². The number of hydrogen-bond acceptors (Lipinski definition) is 2. The third-order valence-electron chi connectivity index (χ3n) is 2.94. The molecular weight excluding hydrogens is 283 g/mol. The molecule has 5 heteroatoms. The van der Waals surface area contributed by atoms with E-state index in [-0.39, 0.29) is 23.7 Å². The minimum atomic E-state index is -0.509. The Morgan fingerprint density at radius 3 is 2.37 bits per heavy atom. The summed E-state index contributed by atoms with van der Waals surface area (Å²) in [5.74, 6) is -0.0672. The number of carbonyl (C=O) groups is 1. The predicted octanol–water partition coefficient (Wildman–Crippen LogP) is 3.09. The van der Waals surface area contributed by atoms with Crippen LogP contribution < -0.4 is 5.73 Å². The van der Waals surface area contributed by atoms with Crippen LogP contribution in [0.1, 0.15) is 26.3 Å². The summed E-state index contributed by atoms with van der Waals surface area (Å²) in [6.45, 7) is 6.35. The molecule has 1 amide bonds. The Labute approximate surface area is 126 Å². The summed E-state index contributed by atoms with van der Waals surface area (Å²) >= 11 is 6.07. The molecule has 0 saturated carbocycles. The van der Waals surface area contributed by atoms with Crippen LogP contribution in [0.15, 0.2) is 24.3 Å². The maximum absolute atomic E-state index is 12.2. The second-order valence-corrected chi connectivity index (χ2v) is 6.04. The van der Waals surface area contributed by atoms with Crippen molar-refractivity contribution >= 4 is 29.9 Å². The molecule has 108 valence electrons. The quantitative estimate of drug-likeness (QED) is 0.933. The summed E-state index contributed by atoms with van der Waals surface area (Å²) in [7, 11) is 1.75. The fraction of sp³-hybridized carbons (Fsp3) is 0.500. The van der Waals surface area contributed by atoms with Gasteiger partial charge in [-0.3, -0.25) is 4.79 Å². The van der Waals surface area contributed by atoms with Gasteiger partial charge in [0.1, 0.15) is 0 Å². The van der Waals surface area contributed by atoms with Gasteiger partial charge < -0.3 is 10.6 Å². The van der Waals surface area contributed by atoms with Crippen LogP contribution >= 0.6 is 24.0 Å². The molecule has 0 aliphatic rings. The number of amides is 1. The normalized spacial score (nSPS) is 12.5. The molecule has 19 heavy (non-hydrogen) atoms. The summed E-state index contributed by atoms with van der Waals surface area (Å²) < 4.78 is 0. The largest absolute Gasteiger partial charge is 0.340 e. The SMILES string of the molecule is CN(Cc1ccccc1Cl)C(=O)[C@@H](N)C(C)(C)C.Cl. The van der Waals surface area contributed by atoms with Crippen LogP contribution in [0.25, 0.3) is 0 Å². The molecule has 0 heterocycles. The number of halogens is 2. The molecule has 0 spiro atoms. The first-order chi connectivity index (χ1) is 8.23. The predicted molar refractivity (Wildman–Crippen MR) is 82.6 cm³/mol. The van der Waals surface area contributed by atoms with E-state index in [4.69, 9.17) is 17.3 Å². The minimum absolute atomic E-state index is 0. The lowest BCUT2D eigenvalue weighted by molar-refractivity contribution is -0.134. The molecule has 1 atom stereocenters. The Balaban J connectivity index is 0.00000324. The fourth-order valence-electron chi connectivity index (χ4n) is 1.57. The van der Waals surface area contributed by atoms with Gasteiger partial charge in [-0.15, -0.1) is 12.4 Å². The zero-order valence-corrected chi connectivity index (χ0v) is 13.4. The van der Waals surface area contributed by atoms with Crippen LogP contribution in [-0.2, 0) is 11.3 Å². The van der Waals surface area contributed by atoms with Crippen LogP contribution in [0, 0.1) is 5.41 Å². The van der Waals surface area contributed by atoms with E-state index in [0.717, 1.165) is 5.56 Å². The molecule has 0 unspecified atom stereocenters. The number of nitrogens with two attached hydrogens (primary N) is 1. The van der Waals surface area contributed by atoms with Gasteiger partial charge in [0.15, 0.2) is 0 Å². The Morgan fingerprint density at radius 1 is 1.37 bits per heavy atom. The highest BCUT2D eigenvalue weighted by molar-refractivity contribution is 6.31. The van der Waals surface area contributed by atoms with E-state index in [1.54, 1.807) is 11.9 Å². The van der Waals surface area contributed by atoms with Gasteiger partial charge in [-0.1, -0.05) is 50.6 Å². The van der Waals surface area contributed by atoms with E-state index in [9.17, 15) is 4.79 Å². The molecule has 1 aromatic rings. The first-order valence-electron chi connectivity index (χ1n) is 5.97. The topological polar surface area (TPSA) is 46.3 Å². The van der Waals surface area contributed by atoms with Gasteiger partial charge >= 0.3 is 0 Å². The summed E-state index contributed by atoms with van der Waals surface area (Å²) in [6, 6.07) is 7.00. The Hall–Kier alpha value is -0.770. The lowest BCUT2D eigenvalue weighted by Crippen LogP contribution is -2.48. The Bertz CT molecular complexity index is 430. The van der Waals surface area contributed by atoms with Crippen molar-refractivity contribution in [1.82, 2.24) is 4.90 Å². The number of nitrogens with zero attached hydrogens (tertiary/aromatic N) is 1. The molecule has 1 rings (SSSR count). The third kappa shape index (κ3) is 5.01. The molecule has 1 aromatic carbocycles. The van der Waals surface area contributed by atoms with Gasteiger partial charge in [-0.2, -0.15) is 0 Å². The lowest BCUT2D eigenvalue weighted by Gasteiger charge is -2.30. The number of likely N-dealkylation sites (N-methyl/N-ethyl adjacent to an activating group) is 1. The molecule has 0 bridgehead atoms. The monoisotopic (exact) mass is 304 g/mol. The molecule has 0 aliphatic heterocycles. The standard InChI is InChI=1S/C14H21ClN2O.ClH/c1-14(2,3)12(16)13(18)17(4)9-10-7-5-6-8-11(10)15;/h5-8,12H,9,16H2,1-4H3;1H/t12-;/m1./s1. The smallest absolute Gasteiger partial charge is 0.240 e. The third-order valence-corrected chi connectivity index (χ3v) is 3.31. The van der Waals surface area contributed by atoms with Crippen LogP contribution in [-0.4, -0.2) is 23.9 Å². The number of benzene rings is 1. The molecular formula is C14H22Cl2N2O. The second kappa shape index (κ2) is 7.13. The van der Waals surface area contributed by atoms with Crippen LogP contribution in [0.2, 0.25) is 5.02 Å². The maximum atomic E-state index is 12.2. The average Bonchev–Trinajstić information content (AvgIpc) is 2.29. The van der Waals surface area contributed by atoms with E-state index < -0.39 is 6.04 Å². The van der Waals surface area contributed by atoms with Crippen molar-refractivity contribution in [2.75, 3.05) is 7.05 Å². The summed E-state index contributed by atoms with van der Waals surface area (Å²) in [4.78, 5) is 13.8. The maximum Gasteiger partial charge on any atom is 0.240 e. The number of carbonyl (C=O) groups excluding carboxylic acids is 1. The first-order valence-corrected chi connectivity index (χ1v) is 6.35.